The van der Waals surface area contributed by atoms with Crippen LogP contribution < -0.4 is 4.74 Å². The molecule has 3 aromatic rings. The van der Waals surface area contributed by atoms with Crippen LogP contribution in [0.25, 0.3) is 10.8 Å². The van der Waals surface area contributed by atoms with Crippen molar-refractivity contribution in [2.24, 2.45) is 0 Å². The highest BCUT2D eigenvalue weighted by molar-refractivity contribution is 5.88. The maximum absolute atomic E-state index is 10.5. The average Bonchev–Trinajstić information content (AvgIpc) is 2.66. The van der Waals surface area contributed by atoms with Crippen LogP contribution in [-0.4, -0.2) is 40.8 Å². The summed E-state index contributed by atoms with van der Waals surface area (Å²) in [7, 11) is 0. The molecule has 4 heteroatoms. The van der Waals surface area contributed by atoms with Crippen LogP contribution >= 0.6 is 0 Å². The molecule has 0 aliphatic rings. The largest absolute Gasteiger partial charge is 0.490 e. The molecule has 0 saturated carbocycles. The monoisotopic (exact) mass is 360 g/mol. The Labute approximate surface area is 160 Å². The van der Waals surface area contributed by atoms with E-state index >= 15 is 0 Å². The lowest BCUT2D eigenvalue weighted by Crippen LogP contribution is -2.35. The van der Waals surface area contributed by atoms with Crippen molar-refractivity contribution in [2.45, 2.75) is 19.6 Å². The van der Waals surface area contributed by atoms with Gasteiger partial charge in [-0.05, 0) is 30.5 Å². The number of rotatable bonds is 8. The second-order valence-electron chi connectivity index (χ2n) is 6.59. The molecule has 0 spiro atoms. The number of hydrogen-bond donors (Lipinski definition) is 1. The van der Waals surface area contributed by atoms with Gasteiger partial charge in [-0.15, -0.1) is 6.42 Å². The summed E-state index contributed by atoms with van der Waals surface area (Å²) in [5.74, 6) is 3.43. The molecule has 1 heterocycles. The fourth-order valence-corrected chi connectivity index (χ4v) is 3.09. The molecule has 0 saturated heterocycles. The van der Waals surface area contributed by atoms with Crippen molar-refractivity contribution in [3.05, 3.63) is 72.1 Å². The van der Waals surface area contributed by atoms with Gasteiger partial charge in [0.15, 0.2) is 0 Å². The molecule has 1 atom stereocenters. The van der Waals surface area contributed by atoms with Crippen LogP contribution in [-0.2, 0) is 6.54 Å². The molecule has 0 bridgehead atoms. The summed E-state index contributed by atoms with van der Waals surface area (Å²) >= 11 is 0. The first-order chi connectivity index (χ1) is 13.2. The molecule has 27 heavy (non-hydrogen) atoms. The van der Waals surface area contributed by atoms with Gasteiger partial charge in [0.05, 0.1) is 12.2 Å². The van der Waals surface area contributed by atoms with Crippen LogP contribution in [0, 0.1) is 19.3 Å². The first-order valence-electron chi connectivity index (χ1n) is 9.02. The third kappa shape index (κ3) is 5.30. The van der Waals surface area contributed by atoms with E-state index in [2.05, 4.69) is 10.9 Å². The van der Waals surface area contributed by atoms with E-state index in [9.17, 15) is 5.11 Å². The maximum atomic E-state index is 10.5. The van der Waals surface area contributed by atoms with Crippen LogP contribution in [0.2, 0.25) is 0 Å². The molecule has 2 aromatic carbocycles. The van der Waals surface area contributed by atoms with Gasteiger partial charge in [0.2, 0.25) is 0 Å². The Kier molecular flexibility index (Phi) is 6.43. The number of hydrogen-bond acceptors (Lipinski definition) is 4. The van der Waals surface area contributed by atoms with E-state index in [0.717, 1.165) is 27.9 Å². The van der Waals surface area contributed by atoms with Gasteiger partial charge in [-0.25, -0.2) is 0 Å². The zero-order valence-corrected chi connectivity index (χ0v) is 15.5. The Hall–Kier alpha value is -2.87. The van der Waals surface area contributed by atoms with E-state index in [1.165, 1.54) is 0 Å². The lowest BCUT2D eigenvalue weighted by molar-refractivity contribution is 0.0705. The molecule has 138 valence electrons. The number of pyridine rings is 1. The molecule has 0 aliphatic heterocycles. The van der Waals surface area contributed by atoms with Crippen molar-refractivity contribution in [2.75, 3.05) is 19.7 Å². The smallest absolute Gasteiger partial charge is 0.127 e. The fourth-order valence-electron chi connectivity index (χ4n) is 3.09. The molecule has 3 rings (SSSR count). The van der Waals surface area contributed by atoms with E-state index in [-0.39, 0.29) is 6.61 Å². The zero-order valence-electron chi connectivity index (χ0n) is 15.5. The normalized spacial score (nSPS) is 12.1. The molecule has 1 N–H and O–H groups in total. The zero-order chi connectivity index (χ0) is 19.1. The van der Waals surface area contributed by atoms with Crippen molar-refractivity contribution < 1.29 is 9.84 Å². The Balaban J connectivity index is 1.60. The summed E-state index contributed by atoms with van der Waals surface area (Å²) in [4.78, 5) is 6.51. The van der Waals surface area contributed by atoms with Gasteiger partial charge in [-0.1, -0.05) is 48.4 Å². The predicted molar refractivity (Wildman–Crippen MR) is 109 cm³/mol. The molecule has 0 radical (unpaired) electrons. The van der Waals surface area contributed by atoms with E-state index in [4.69, 9.17) is 11.2 Å². The Morgan fingerprint density at radius 1 is 1.11 bits per heavy atom. The van der Waals surface area contributed by atoms with E-state index in [0.29, 0.717) is 19.6 Å². The first-order valence-corrected chi connectivity index (χ1v) is 9.02. The van der Waals surface area contributed by atoms with Crippen LogP contribution in [0.1, 0.15) is 11.4 Å². The van der Waals surface area contributed by atoms with Crippen LogP contribution in [0.5, 0.6) is 5.75 Å². The van der Waals surface area contributed by atoms with Gasteiger partial charge < -0.3 is 9.84 Å². The molecule has 4 nitrogen and oxygen atoms in total. The first kappa shape index (κ1) is 18.9. The molecular weight excluding hydrogens is 336 g/mol. The quantitative estimate of drug-likeness (QED) is 0.625. The van der Waals surface area contributed by atoms with Gasteiger partial charge in [0.25, 0.3) is 0 Å². The number of aliphatic hydroxyl groups excluding tert-OH is 1. The summed E-state index contributed by atoms with van der Waals surface area (Å²) in [5, 5.41) is 12.6. The molecule has 1 aromatic heterocycles. The lowest BCUT2D eigenvalue weighted by atomic mass is 10.1. The van der Waals surface area contributed by atoms with Gasteiger partial charge in [0, 0.05) is 24.2 Å². The number of fused-ring (bicyclic) bond motifs is 1. The van der Waals surface area contributed by atoms with Gasteiger partial charge in [0.1, 0.15) is 18.5 Å². The third-order valence-corrected chi connectivity index (χ3v) is 4.30. The van der Waals surface area contributed by atoms with E-state index < -0.39 is 6.10 Å². The van der Waals surface area contributed by atoms with Gasteiger partial charge in [-0.3, -0.25) is 9.88 Å². The summed E-state index contributed by atoms with van der Waals surface area (Å²) < 4.78 is 5.89. The van der Waals surface area contributed by atoms with Crippen LogP contribution in [0.4, 0.5) is 0 Å². The highest BCUT2D eigenvalue weighted by Crippen LogP contribution is 2.25. The maximum Gasteiger partial charge on any atom is 0.127 e. The summed E-state index contributed by atoms with van der Waals surface area (Å²) in [6.45, 7) is 3.63. The molecular formula is C23H24N2O2. The molecule has 0 fully saturated rings. The highest BCUT2D eigenvalue weighted by atomic mass is 16.5. The predicted octanol–water partition coefficient (Wildman–Crippen LogP) is 3.42. The lowest BCUT2D eigenvalue weighted by Gasteiger charge is -2.23. The standard InChI is InChI=1S/C23H24N2O2/c1-3-14-25(15-20-11-6-8-18(2)24-20)16-21(26)17-27-23-13-7-10-19-9-4-5-12-22(19)23/h1,4-13,21,26H,14-17H2,2H3/t21-/m1/s1. The van der Waals surface area contributed by atoms with Crippen molar-refractivity contribution >= 4 is 10.8 Å². The minimum absolute atomic E-state index is 0.205. The topological polar surface area (TPSA) is 45.6 Å². The second-order valence-corrected chi connectivity index (χ2v) is 6.59. The molecule has 0 unspecified atom stereocenters. The average molecular weight is 360 g/mol. The van der Waals surface area contributed by atoms with E-state index in [1.807, 2.05) is 72.5 Å². The SMILES string of the molecule is C#CCN(Cc1cccc(C)n1)C[C@@H](O)COc1cccc2ccccc12. The second kappa shape index (κ2) is 9.18. The molecule has 0 amide bonds. The van der Waals surface area contributed by atoms with E-state index in [1.54, 1.807) is 0 Å². The van der Waals surface area contributed by atoms with Gasteiger partial charge in [-0.2, -0.15) is 0 Å². The van der Waals surface area contributed by atoms with Crippen molar-refractivity contribution in [3.63, 3.8) is 0 Å². The number of aliphatic hydroxyl groups is 1. The minimum Gasteiger partial charge on any atom is -0.490 e. The van der Waals surface area contributed by atoms with Crippen molar-refractivity contribution in [1.82, 2.24) is 9.88 Å². The fraction of sp³-hybridized carbons (Fsp3) is 0.261. The van der Waals surface area contributed by atoms with Crippen molar-refractivity contribution in [3.8, 4) is 18.1 Å². The summed E-state index contributed by atoms with van der Waals surface area (Å²) in [5.41, 5.74) is 1.90. The number of aryl methyl sites for hydroxylation is 1. The van der Waals surface area contributed by atoms with Gasteiger partial charge >= 0.3 is 0 Å². The third-order valence-electron chi connectivity index (χ3n) is 4.30. The van der Waals surface area contributed by atoms with Crippen molar-refractivity contribution in [1.29, 1.82) is 0 Å². The Morgan fingerprint density at radius 2 is 1.89 bits per heavy atom. The number of nitrogens with zero attached hydrogens (tertiary/aromatic N) is 2. The summed E-state index contributed by atoms with van der Waals surface area (Å²) in [6, 6.07) is 19.9. The number of terminal acetylenes is 1. The Bertz CT molecular complexity index is 928. The van der Waals surface area contributed by atoms with Crippen LogP contribution in [0.15, 0.2) is 60.7 Å². The number of benzene rings is 2. The number of ether oxygens (including phenoxy) is 1. The summed E-state index contributed by atoms with van der Waals surface area (Å²) in [6.07, 6.45) is 4.84. The Morgan fingerprint density at radius 3 is 2.70 bits per heavy atom. The van der Waals surface area contributed by atoms with Crippen LogP contribution in [0.3, 0.4) is 0 Å². The minimum atomic E-state index is -0.651. The molecule has 0 aliphatic carbocycles. The highest BCUT2D eigenvalue weighted by Gasteiger charge is 2.14. The number of aromatic nitrogens is 1.